The highest BCUT2D eigenvalue weighted by Crippen LogP contribution is 2.37. The monoisotopic (exact) mass is 587 g/mol. The molecule has 0 saturated carbocycles. The van der Waals surface area contributed by atoms with Gasteiger partial charge in [-0.2, -0.15) is 0 Å². The van der Waals surface area contributed by atoms with Gasteiger partial charge in [0.2, 0.25) is 0 Å². The quantitative estimate of drug-likeness (QED) is 0.199. The predicted octanol–water partition coefficient (Wildman–Crippen LogP) is 8.86. The SMILES string of the molecule is O=c1ccc2c(-c3ccccc3Cl)nc(N3CCCC(CCc4ccccc4)C3)cc2n1-c1c(Cl)cccc1Cl. The summed E-state index contributed by atoms with van der Waals surface area (Å²) in [6.45, 7) is 1.80. The minimum Gasteiger partial charge on any atom is -0.356 e. The summed E-state index contributed by atoms with van der Waals surface area (Å²) in [4.78, 5) is 20.9. The number of halogens is 3. The van der Waals surface area contributed by atoms with Crippen LogP contribution < -0.4 is 10.5 Å². The molecule has 3 aromatic carbocycles. The molecule has 3 heterocycles. The third kappa shape index (κ3) is 5.36. The topological polar surface area (TPSA) is 38.1 Å². The first-order valence-corrected chi connectivity index (χ1v) is 14.7. The van der Waals surface area contributed by atoms with Crippen LogP contribution >= 0.6 is 34.8 Å². The van der Waals surface area contributed by atoms with Crippen molar-refractivity contribution in [3.8, 4) is 16.9 Å². The largest absolute Gasteiger partial charge is 0.356 e. The van der Waals surface area contributed by atoms with Crippen molar-refractivity contribution in [3.05, 3.63) is 122 Å². The van der Waals surface area contributed by atoms with Gasteiger partial charge >= 0.3 is 0 Å². The smallest absolute Gasteiger partial charge is 0.255 e. The van der Waals surface area contributed by atoms with E-state index in [9.17, 15) is 4.79 Å². The Kier molecular flexibility index (Phi) is 7.84. The standard InChI is InChI=1S/C33H28Cl3N3O/c34-26-12-5-4-11-24(26)32-25-17-18-31(40)39(33-27(35)13-6-14-28(33)36)29(25)20-30(37-32)38-19-7-10-23(21-38)16-15-22-8-2-1-3-9-22/h1-6,8-9,11-14,17-18,20,23H,7,10,15-16,19,21H2. The molecule has 1 aliphatic rings. The van der Waals surface area contributed by atoms with Crippen molar-refractivity contribution in [2.45, 2.75) is 25.7 Å². The van der Waals surface area contributed by atoms with Crippen LogP contribution in [0.2, 0.25) is 15.1 Å². The number of hydrogen-bond acceptors (Lipinski definition) is 3. The molecular formula is C33H28Cl3N3O. The van der Waals surface area contributed by atoms with Gasteiger partial charge in [-0.1, -0.05) is 89.4 Å². The van der Waals surface area contributed by atoms with Crippen LogP contribution in [0.15, 0.2) is 95.8 Å². The second-order valence-corrected chi connectivity index (χ2v) is 11.5. The van der Waals surface area contributed by atoms with Gasteiger partial charge in [0.05, 0.1) is 26.9 Å². The number of aromatic nitrogens is 2. The number of rotatable bonds is 6. The molecule has 4 nitrogen and oxygen atoms in total. The molecule has 1 atom stereocenters. The highest BCUT2D eigenvalue weighted by Gasteiger charge is 2.24. The number of fused-ring (bicyclic) bond motifs is 1. The van der Waals surface area contributed by atoms with Crippen LogP contribution in [0, 0.1) is 5.92 Å². The second kappa shape index (κ2) is 11.7. The lowest BCUT2D eigenvalue weighted by Gasteiger charge is -2.34. The van der Waals surface area contributed by atoms with Crippen LogP contribution in [0.25, 0.3) is 27.8 Å². The Bertz CT molecular complexity index is 1720. The number of anilines is 1. The van der Waals surface area contributed by atoms with Crippen molar-refractivity contribution in [1.82, 2.24) is 9.55 Å². The lowest BCUT2D eigenvalue weighted by Crippen LogP contribution is -2.36. The zero-order valence-corrected chi connectivity index (χ0v) is 24.1. The van der Waals surface area contributed by atoms with E-state index in [-0.39, 0.29) is 5.56 Å². The Labute approximate surface area is 248 Å². The summed E-state index contributed by atoms with van der Waals surface area (Å²) < 4.78 is 1.60. The van der Waals surface area contributed by atoms with Crippen LogP contribution in [0.1, 0.15) is 24.8 Å². The van der Waals surface area contributed by atoms with E-state index < -0.39 is 0 Å². The molecule has 1 aliphatic heterocycles. The molecular weight excluding hydrogens is 561 g/mol. The van der Waals surface area contributed by atoms with Gasteiger partial charge in [0.1, 0.15) is 5.82 Å². The first-order valence-electron chi connectivity index (χ1n) is 13.5. The van der Waals surface area contributed by atoms with E-state index in [0.717, 1.165) is 54.8 Å². The molecule has 0 N–H and O–H groups in total. The van der Waals surface area contributed by atoms with Crippen LogP contribution in [0.3, 0.4) is 0 Å². The summed E-state index contributed by atoms with van der Waals surface area (Å²) in [5.74, 6) is 1.36. The molecule has 0 aliphatic carbocycles. The number of para-hydroxylation sites is 1. The van der Waals surface area contributed by atoms with Gasteiger partial charge in [0.15, 0.2) is 0 Å². The van der Waals surface area contributed by atoms with Crippen LogP contribution in [0.5, 0.6) is 0 Å². The molecule has 1 fully saturated rings. The van der Waals surface area contributed by atoms with Crippen molar-refractivity contribution < 1.29 is 0 Å². The molecule has 7 heteroatoms. The molecule has 202 valence electrons. The second-order valence-electron chi connectivity index (χ2n) is 10.3. The molecule has 0 amide bonds. The third-order valence-electron chi connectivity index (χ3n) is 7.69. The average Bonchev–Trinajstić information content (AvgIpc) is 2.97. The fraction of sp³-hybridized carbons (Fsp3) is 0.212. The van der Waals surface area contributed by atoms with Gasteiger partial charge in [-0.3, -0.25) is 9.36 Å². The van der Waals surface area contributed by atoms with E-state index in [1.807, 2.05) is 36.4 Å². The zero-order chi connectivity index (χ0) is 27.6. The summed E-state index contributed by atoms with van der Waals surface area (Å²) in [7, 11) is 0. The highest BCUT2D eigenvalue weighted by molar-refractivity contribution is 6.38. The Morgan fingerprint density at radius 1 is 0.825 bits per heavy atom. The lowest BCUT2D eigenvalue weighted by atomic mass is 9.91. The number of hydrogen-bond donors (Lipinski definition) is 0. The summed E-state index contributed by atoms with van der Waals surface area (Å²) >= 11 is 19.9. The fourth-order valence-corrected chi connectivity index (χ4v) is 6.50. The first-order chi connectivity index (χ1) is 19.5. The maximum Gasteiger partial charge on any atom is 0.255 e. The molecule has 5 aromatic rings. The van der Waals surface area contributed by atoms with Crippen LogP contribution in [-0.4, -0.2) is 22.6 Å². The Hall–Kier alpha value is -3.31. The Morgan fingerprint density at radius 2 is 1.55 bits per heavy atom. The van der Waals surface area contributed by atoms with E-state index in [1.165, 1.54) is 18.1 Å². The molecule has 1 unspecified atom stereocenters. The summed E-state index contributed by atoms with van der Waals surface area (Å²) in [5, 5.41) is 2.20. The van der Waals surface area contributed by atoms with E-state index in [4.69, 9.17) is 39.8 Å². The maximum atomic E-state index is 13.4. The summed E-state index contributed by atoms with van der Waals surface area (Å²) in [6, 6.07) is 28.9. The van der Waals surface area contributed by atoms with E-state index in [0.29, 0.717) is 32.2 Å². The van der Waals surface area contributed by atoms with Crippen molar-refractivity contribution in [2.24, 2.45) is 5.92 Å². The number of pyridine rings is 2. The van der Waals surface area contributed by atoms with E-state index in [1.54, 1.807) is 22.8 Å². The predicted molar refractivity (Wildman–Crippen MR) is 168 cm³/mol. The minimum absolute atomic E-state index is 0.218. The number of piperidine rings is 1. The number of benzene rings is 3. The molecule has 1 saturated heterocycles. The van der Waals surface area contributed by atoms with Crippen molar-refractivity contribution in [3.63, 3.8) is 0 Å². The number of nitrogens with zero attached hydrogens (tertiary/aromatic N) is 3. The minimum atomic E-state index is -0.218. The highest BCUT2D eigenvalue weighted by atomic mass is 35.5. The number of aryl methyl sites for hydroxylation is 1. The van der Waals surface area contributed by atoms with Crippen LogP contribution in [0.4, 0.5) is 5.82 Å². The Balaban J connectivity index is 1.48. The molecule has 0 bridgehead atoms. The Morgan fingerprint density at radius 3 is 2.33 bits per heavy atom. The molecule has 0 radical (unpaired) electrons. The lowest BCUT2D eigenvalue weighted by molar-refractivity contribution is 0.390. The molecule has 2 aromatic heterocycles. The first kappa shape index (κ1) is 26.9. The van der Waals surface area contributed by atoms with Gasteiger partial charge < -0.3 is 4.90 Å². The van der Waals surface area contributed by atoms with Gasteiger partial charge in [0.25, 0.3) is 5.56 Å². The van der Waals surface area contributed by atoms with Gasteiger partial charge in [-0.05, 0) is 61.4 Å². The fourth-order valence-electron chi connectivity index (χ4n) is 5.70. The van der Waals surface area contributed by atoms with E-state index >= 15 is 0 Å². The third-order valence-corrected chi connectivity index (χ3v) is 8.63. The van der Waals surface area contributed by atoms with Gasteiger partial charge in [-0.25, -0.2) is 4.98 Å². The molecule has 40 heavy (non-hydrogen) atoms. The van der Waals surface area contributed by atoms with Crippen molar-refractivity contribution in [2.75, 3.05) is 18.0 Å². The maximum absolute atomic E-state index is 13.4. The average molecular weight is 589 g/mol. The van der Waals surface area contributed by atoms with Crippen molar-refractivity contribution in [1.29, 1.82) is 0 Å². The zero-order valence-electron chi connectivity index (χ0n) is 21.9. The van der Waals surface area contributed by atoms with Gasteiger partial charge in [0, 0.05) is 41.2 Å². The molecule has 6 rings (SSSR count). The van der Waals surface area contributed by atoms with Crippen molar-refractivity contribution >= 4 is 51.5 Å². The summed E-state index contributed by atoms with van der Waals surface area (Å²) in [6.07, 6.45) is 4.44. The van der Waals surface area contributed by atoms with E-state index in [2.05, 4.69) is 35.2 Å². The normalized spacial score (nSPS) is 15.5. The van der Waals surface area contributed by atoms with Crippen LogP contribution in [-0.2, 0) is 6.42 Å². The molecule has 0 spiro atoms. The summed E-state index contributed by atoms with van der Waals surface area (Å²) in [5.41, 5.74) is 3.83. The van der Waals surface area contributed by atoms with Gasteiger partial charge in [-0.15, -0.1) is 0 Å².